The minimum absolute atomic E-state index is 0.114. The third-order valence-electron chi connectivity index (χ3n) is 5.17. The van der Waals surface area contributed by atoms with E-state index in [1.54, 1.807) is 30.3 Å². The fraction of sp³-hybridized carbons (Fsp3) is 0.182. The van der Waals surface area contributed by atoms with Gasteiger partial charge in [-0.25, -0.2) is 18.0 Å². The predicted octanol–water partition coefficient (Wildman–Crippen LogP) is 0.531. The number of hydrogen-bond acceptors (Lipinski definition) is 8. The van der Waals surface area contributed by atoms with E-state index in [2.05, 4.69) is 0 Å². The number of carbonyl (C=O) groups excluding carboxylic acids is 2. The third kappa shape index (κ3) is 4.48. The van der Waals surface area contributed by atoms with Crippen molar-refractivity contribution < 1.29 is 22.7 Å². The Morgan fingerprint density at radius 2 is 1.65 bits per heavy atom. The van der Waals surface area contributed by atoms with Crippen LogP contribution in [0.5, 0.6) is 0 Å². The van der Waals surface area contributed by atoms with E-state index >= 15 is 0 Å². The first-order valence-corrected chi connectivity index (χ1v) is 11.3. The van der Waals surface area contributed by atoms with Gasteiger partial charge in [-0.2, -0.15) is 0 Å². The summed E-state index contributed by atoms with van der Waals surface area (Å²) in [6.45, 7) is -0.836. The zero-order valence-electron chi connectivity index (χ0n) is 18.6. The molecule has 0 amide bonds. The Labute approximate surface area is 194 Å². The number of carbonyl (C=O) groups is 2. The van der Waals surface area contributed by atoms with Gasteiger partial charge in [-0.05, 0) is 30.3 Å². The van der Waals surface area contributed by atoms with E-state index in [0.29, 0.717) is 10.3 Å². The first-order valence-electron chi connectivity index (χ1n) is 9.86. The molecular weight excluding hydrogens is 464 g/mol. The van der Waals surface area contributed by atoms with Crippen molar-refractivity contribution in [3.63, 3.8) is 0 Å². The molecule has 0 saturated heterocycles. The van der Waals surface area contributed by atoms with Crippen molar-refractivity contribution >= 4 is 33.3 Å². The lowest BCUT2D eigenvalue weighted by molar-refractivity contribution is 0.0474. The van der Waals surface area contributed by atoms with Gasteiger partial charge in [0.15, 0.2) is 6.61 Å². The minimum Gasteiger partial charge on any atom is -0.454 e. The number of hydrogen-bond donors (Lipinski definition) is 1. The Balaban J connectivity index is 1.81. The van der Waals surface area contributed by atoms with Crippen molar-refractivity contribution in [2.24, 2.45) is 14.1 Å². The first-order chi connectivity index (χ1) is 16.0. The molecule has 0 bridgehead atoms. The molecule has 0 aliphatic heterocycles. The standard InChI is InChI=1S/C22H22N4O7S/c1-24-19(23)18(20(28)25(2)22(24)30)17(27)13-33-21(29)14-8-7-11-16(12-14)34(31,32)26(3)15-9-5-4-6-10-15/h4-12H,13,23H2,1-3H3. The zero-order valence-corrected chi connectivity index (χ0v) is 19.4. The number of rotatable bonds is 7. The topological polar surface area (TPSA) is 151 Å². The molecule has 0 saturated carbocycles. The molecule has 11 nitrogen and oxygen atoms in total. The average molecular weight is 487 g/mol. The number of benzene rings is 2. The molecule has 2 aromatic carbocycles. The number of anilines is 2. The van der Waals surface area contributed by atoms with Crippen molar-refractivity contribution in [3.05, 3.63) is 86.6 Å². The van der Waals surface area contributed by atoms with Crippen molar-refractivity contribution in [1.29, 1.82) is 0 Å². The Morgan fingerprint density at radius 1 is 1.00 bits per heavy atom. The van der Waals surface area contributed by atoms with Crippen LogP contribution in [0, 0.1) is 0 Å². The molecule has 12 heteroatoms. The SMILES string of the molecule is CN(c1ccccc1)S(=O)(=O)c1cccc(C(=O)OCC(=O)c2c(N)n(C)c(=O)n(C)c2=O)c1. The van der Waals surface area contributed by atoms with Crippen molar-refractivity contribution in [2.75, 3.05) is 23.7 Å². The maximum absolute atomic E-state index is 13.0. The molecule has 0 spiro atoms. The normalized spacial score (nSPS) is 11.1. The van der Waals surface area contributed by atoms with Crippen LogP contribution >= 0.6 is 0 Å². The van der Waals surface area contributed by atoms with Gasteiger partial charge in [0.05, 0.1) is 16.1 Å². The molecule has 0 aliphatic carbocycles. The number of aromatic nitrogens is 2. The molecule has 1 heterocycles. The van der Waals surface area contributed by atoms with E-state index in [9.17, 15) is 27.6 Å². The lowest BCUT2D eigenvalue weighted by Gasteiger charge is -2.19. The van der Waals surface area contributed by atoms with Gasteiger partial charge in [0.1, 0.15) is 11.4 Å². The van der Waals surface area contributed by atoms with Crippen LogP contribution in [-0.2, 0) is 28.9 Å². The quantitative estimate of drug-likeness (QED) is 0.375. The summed E-state index contributed by atoms with van der Waals surface area (Å²) < 4.78 is 33.6. The molecule has 178 valence electrons. The van der Waals surface area contributed by atoms with Crippen LogP contribution in [0.15, 0.2) is 69.1 Å². The molecule has 2 N–H and O–H groups in total. The second kappa shape index (κ2) is 9.35. The maximum atomic E-state index is 13.0. The zero-order chi connectivity index (χ0) is 25.2. The van der Waals surface area contributed by atoms with Crippen LogP contribution in [0.25, 0.3) is 0 Å². The third-order valence-corrected chi connectivity index (χ3v) is 6.95. The molecule has 3 aromatic rings. The Morgan fingerprint density at radius 3 is 2.29 bits per heavy atom. The van der Waals surface area contributed by atoms with Crippen molar-refractivity contribution in [1.82, 2.24) is 9.13 Å². The molecule has 34 heavy (non-hydrogen) atoms. The first kappa shape index (κ1) is 24.5. The van der Waals surface area contributed by atoms with E-state index in [1.807, 2.05) is 0 Å². The minimum atomic E-state index is -3.98. The van der Waals surface area contributed by atoms with E-state index < -0.39 is 45.2 Å². The van der Waals surface area contributed by atoms with Gasteiger partial charge in [-0.1, -0.05) is 24.3 Å². The van der Waals surface area contributed by atoms with Gasteiger partial charge in [-0.3, -0.25) is 23.0 Å². The lowest BCUT2D eigenvalue weighted by Crippen LogP contribution is -2.42. The molecular formula is C22H22N4O7S. The van der Waals surface area contributed by atoms with Crippen LogP contribution in [0.3, 0.4) is 0 Å². The maximum Gasteiger partial charge on any atom is 0.338 e. The molecule has 3 rings (SSSR count). The molecule has 1 aromatic heterocycles. The number of nitrogens with zero attached hydrogens (tertiary/aromatic N) is 3. The van der Waals surface area contributed by atoms with Crippen LogP contribution in [-0.4, -0.2) is 43.0 Å². The summed E-state index contributed by atoms with van der Waals surface area (Å²) in [5, 5.41) is 0. The van der Waals surface area contributed by atoms with E-state index in [-0.39, 0.29) is 16.3 Å². The Kier molecular flexibility index (Phi) is 6.73. The summed E-state index contributed by atoms with van der Waals surface area (Å²) in [5.74, 6) is -2.24. The highest BCUT2D eigenvalue weighted by atomic mass is 32.2. The van der Waals surface area contributed by atoms with E-state index in [1.165, 1.54) is 39.3 Å². The number of nitrogen functional groups attached to an aromatic ring is 1. The second-order valence-corrected chi connectivity index (χ2v) is 9.27. The fourth-order valence-electron chi connectivity index (χ4n) is 3.13. The highest BCUT2D eigenvalue weighted by molar-refractivity contribution is 7.92. The molecule has 0 aliphatic rings. The number of ether oxygens (including phenoxy) is 1. The van der Waals surface area contributed by atoms with Crippen LogP contribution in [0.4, 0.5) is 11.5 Å². The summed E-state index contributed by atoms with van der Waals surface area (Å²) in [4.78, 5) is 49.0. The number of Topliss-reactive ketones (excluding diaryl/α,β-unsaturated/α-hetero) is 1. The van der Waals surface area contributed by atoms with Gasteiger partial charge in [0.25, 0.3) is 15.6 Å². The van der Waals surface area contributed by atoms with Gasteiger partial charge < -0.3 is 10.5 Å². The molecule has 0 fully saturated rings. The van der Waals surface area contributed by atoms with Crippen LogP contribution in [0.2, 0.25) is 0 Å². The second-order valence-electron chi connectivity index (χ2n) is 7.30. The highest BCUT2D eigenvalue weighted by Crippen LogP contribution is 2.22. The summed E-state index contributed by atoms with van der Waals surface area (Å²) >= 11 is 0. The van der Waals surface area contributed by atoms with Gasteiger partial charge >= 0.3 is 11.7 Å². The molecule has 0 unspecified atom stereocenters. The number of para-hydroxylation sites is 1. The van der Waals surface area contributed by atoms with Crippen LogP contribution < -0.4 is 21.3 Å². The average Bonchev–Trinajstić information content (AvgIpc) is 2.85. The molecule has 0 atom stereocenters. The van der Waals surface area contributed by atoms with Crippen molar-refractivity contribution in [2.45, 2.75) is 4.90 Å². The highest BCUT2D eigenvalue weighted by Gasteiger charge is 2.24. The Hall–Kier alpha value is -4.19. The summed E-state index contributed by atoms with van der Waals surface area (Å²) in [6, 6.07) is 13.5. The number of esters is 1. The van der Waals surface area contributed by atoms with E-state index in [0.717, 1.165) is 14.9 Å². The number of nitrogens with two attached hydrogens (primary N) is 1. The number of ketones is 1. The fourth-order valence-corrected chi connectivity index (χ4v) is 4.37. The lowest BCUT2D eigenvalue weighted by atomic mass is 10.2. The predicted molar refractivity (Wildman–Crippen MR) is 124 cm³/mol. The molecule has 0 radical (unpaired) electrons. The van der Waals surface area contributed by atoms with Gasteiger partial charge in [-0.15, -0.1) is 0 Å². The van der Waals surface area contributed by atoms with Gasteiger partial charge in [0.2, 0.25) is 5.78 Å². The summed E-state index contributed by atoms with van der Waals surface area (Å²) in [6.07, 6.45) is 0. The van der Waals surface area contributed by atoms with Gasteiger partial charge in [0, 0.05) is 21.1 Å². The van der Waals surface area contributed by atoms with Crippen LogP contribution in [0.1, 0.15) is 20.7 Å². The van der Waals surface area contributed by atoms with Crippen molar-refractivity contribution in [3.8, 4) is 0 Å². The summed E-state index contributed by atoms with van der Waals surface area (Å²) in [5.41, 5.74) is 3.93. The van der Waals surface area contributed by atoms with E-state index in [4.69, 9.17) is 10.5 Å². The summed E-state index contributed by atoms with van der Waals surface area (Å²) in [7, 11) is -0.124. The number of sulfonamides is 1. The Bertz CT molecular complexity index is 1490. The monoisotopic (exact) mass is 486 g/mol. The smallest absolute Gasteiger partial charge is 0.338 e. The largest absolute Gasteiger partial charge is 0.454 e.